The van der Waals surface area contributed by atoms with Gasteiger partial charge in [-0.3, -0.25) is 4.68 Å². The van der Waals surface area contributed by atoms with E-state index in [2.05, 4.69) is 10.3 Å². The van der Waals surface area contributed by atoms with Crippen molar-refractivity contribution in [1.29, 1.82) is 0 Å². The molecule has 2 aromatic carbocycles. The summed E-state index contributed by atoms with van der Waals surface area (Å²) in [5, 5.41) is 8.47. The van der Waals surface area contributed by atoms with Crippen LogP contribution >= 0.6 is 0 Å². The van der Waals surface area contributed by atoms with Gasteiger partial charge in [0.2, 0.25) is 0 Å². The number of benzene rings is 2. The van der Waals surface area contributed by atoms with Gasteiger partial charge in [0.25, 0.3) is 0 Å². The highest BCUT2D eigenvalue weighted by atomic mass is 16.3. The van der Waals surface area contributed by atoms with Gasteiger partial charge in [0, 0.05) is 24.2 Å². The zero-order chi connectivity index (χ0) is 12.5. The Hall–Kier alpha value is -2.49. The summed E-state index contributed by atoms with van der Waals surface area (Å²) < 4.78 is 1.80. The van der Waals surface area contributed by atoms with Crippen LogP contribution in [0.3, 0.4) is 0 Å². The Kier molecular flexibility index (Phi) is 2.41. The maximum absolute atomic E-state index is 10.4. The highest BCUT2D eigenvalue weighted by molar-refractivity contribution is 5.93. The molecule has 0 saturated heterocycles. The number of hydrogen-bond donors (Lipinski definition) is 0. The summed E-state index contributed by atoms with van der Waals surface area (Å²) in [6, 6.07) is 13.3. The highest BCUT2D eigenvalue weighted by Crippen LogP contribution is 2.28. The Labute approximate surface area is 104 Å². The smallest absolute Gasteiger partial charge is 0.108 e. The molecular weight excluding hydrogens is 226 g/mol. The molecule has 4 heteroatoms. The van der Waals surface area contributed by atoms with E-state index in [9.17, 15) is 4.91 Å². The molecule has 1 heterocycles. The van der Waals surface area contributed by atoms with Crippen molar-refractivity contribution in [3.63, 3.8) is 0 Å². The van der Waals surface area contributed by atoms with Gasteiger partial charge >= 0.3 is 0 Å². The van der Waals surface area contributed by atoms with Crippen molar-refractivity contribution in [3.05, 3.63) is 53.6 Å². The molecule has 4 nitrogen and oxygen atoms in total. The van der Waals surface area contributed by atoms with Crippen LogP contribution in [-0.2, 0) is 7.05 Å². The number of hydrogen-bond acceptors (Lipinski definition) is 3. The molecule has 0 atom stereocenters. The third kappa shape index (κ3) is 1.68. The number of rotatable bonds is 2. The van der Waals surface area contributed by atoms with Crippen molar-refractivity contribution in [2.24, 2.45) is 12.2 Å². The molecular formula is C14H11N3O. The molecule has 0 radical (unpaired) electrons. The summed E-state index contributed by atoms with van der Waals surface area (Å²) in [5.74, 6) is 0. The SMILES string of the molecule is Cn1cc2cccc(-c3ccc(N=O)cc3)c2n1. The summed E-state index contributed by atoms with van der Waals surface area (Å²) in [7, 11) is 1.91. The average Bonchev–Trinajstić information content (AvgIpc) is 2.79. The second kappa shape index (κ2) is 4.07. The van der Waals surface area contributed by atoms with Crippen molar-refractivity contribution in [3.8, 4) is 11.1 Å². The maximum atomic E-state index is 10.4. The number of nitroso groups, excluding NO2 is 1. The topological polar surface area (TPSA) is 47.2 Å². The zero-order valence-electron chi connectivity index (χ0n) is 9.87. The van der Waals surface area contributed by atoms with E-state index < -0.39 is 0 Å². The summed E-state index contributed by atoms with van der Waals surface area (Å²) in [5.41, 5.74) is 3.50. The zero-order valence-corrected chi connectivity index (χ0v) is 9.87. The predicted octanol–water partition coefficient (Wildman–Crippen LogP) is 3.64. The fourth-order valence-corrected chi connectivity index (χ4v) is 2.10. The van der Waals surface area contributed by atoms with Crippen LogP contribution in [0.4, 0.5) is 5.69 Å². The molecule has 0 unspecified atom stereocenters. The van der Waals surface area contributed by atoms with Crippen LogP contribution in [0.15, 0.2) is 53.8 Å². The van der Waals surface area contributed by atoms with Crippen molar-refractivity contribution in [2.75, 3.05) is 0 Å². The Morgan fingerprint density at radius 2 is 1.89 bits per heavy atom. The molecule has 0 spiro atoms. The molecule has 0 saturated carbocycles. The number of aryl methyl sites for hydroxylation is 1. The second-order valence-electron chi connectivity index (χ2n) is 4.18. The number of fused-ring (bicyclic) bond motifs is 1. The van der Waals surface area contributed by atoms with E-state index in [1.54, 1.807) is 16.8 Å². The Morgan fingerprint density at radius 1 is 1.11 bits per heavy atom. The molecule has 0 aliphatic rings. The predicted molar refractivity (Wildman–Crippen MR) is 71.6 cm³/mol. The van der Waals surface area contributed by atoms with Gasteiger partial charge in [0.1, 0.15) is 11.2 Å². The van der Waals surface area contributed by atoms with Crippen molar-refractivity contribution >= 4 is 16.6 Å². The molecule has 0 fully saturated rings. The Morgan fingerprint density at radius 3 is 2.61 bits per heavy atom. The third-order valence-electron chi connectivity index (χ3n) is 2.93. The van der Waals surface area contributed by atoms with E-state index in [-0.39, 0.29) is 0 Å². The minimum Gasteiger partial charge on any atom is -0.275 e. The van der Waals surface area contributed by atoms with Crippen LogP contribution in [0.1, 0.15) is 0 Å². The van der Waals surface area contributed by atoms with E-state index in [4.69, 9.17) is 0 Å². The van der Waals surface area contributed by atoms with Gasteiger partial charge in [-0.05, 0) is 22.9 Å². The third-order valence-corrected chi connectivity index (χ3v) is 2.93. The van der Waals surface area contributed by atoms with E-state index in [1.165, 1.54) is 0 Å². The number of nitrogens with zero attached hydrogens (tertiary/aromatic N) is 3. The molecule has 0 aliphatic carbocycles. The molecule has 0 aliphatic heterocycles. The lowest BCUT2D eigenvalue weighted by atomic mass is 10.0. The van der Waals surface area contributed by atoms with Gasteiger partial charge in [-0.1, -0.05) is 30.3 Å². The van der Waals surface area contributed by atoms with Gasteiger partial charge in [-0.2, -0.15) is 5.10 Å². The van der Waals surface area contributed by atoms with Crippen LogP contribution in [0, 0.1) is 4.91 Å². The molecule has 1 aromatic heterocycles. The van der Waals surface area contributed by atoms with Crippen LogP contribution in [0.5, 0.6) is 0 Å². The Bertz CT molecular complexity index is 713. The normalized spacial score (nSPS) is 10.7. The fourth-order valence-electron chi connectivity index (χ4n) is 2.10. The maximum Gasteiger partial charge on any atom is 0.108 e. The average molecular weight is 237 g/mol. The van der Waals surface area contributed by atoms with Gasteiger partial charge in [-0.15, -0.1) is 4.91 Å². The van der Waals surface area contributed by atoms with E-state index in [1.807, 2.05) is 43.6 Å². The molecule has 88 valence electrons. The van der Waals surface area contributed by atoms with E-state index in [0.717, 1.165) is 22.0 Å². The van der Waals surface area contributed by atoms with E-state index >= 15 is 0 Å². The first-order valence-corrected chi connectivity index (χ1v) is 5.64. The van der Waals surface area contributed by atoms with Crippen LogP contribution < -0.4 is 0 Å². The van der Waals surface area contributed by atoms with Crippen LogP contribution in [0.2, 0.25) is 0 Å². The number of aromatic nitrogens is 2. The van der Waals surface area contributed by atoms with Gasteiger partial charge in [-0.25, -0.2) is 0 Å². The molecule has 3 rings (SSSR count). The van der Waals surface area contributed by atoms with Crippen LogP contribution in [0.25, 0.3) is 22.0 Å². The largest absolute Gasteiger partial charge is 0.275 e. The van der Waals surface area contributed by atoms with Crippen molar-refractivity contribution < 1.29 is 0 Å². The summed E-state index contributed by atoms with van der Waals surface area (Å²) in [4.78, 5) is 10.4. The van der Waals surface area contributed by atoms with Crippen molar-refractivity contribution in [1.82, 2.24) is 9.78 Å². The lowest BCUT2D eigenvalue weighted by Crippen LogP contribution is -1.86. The van der Waals surface area contributed by atoms with Gasteiger partial charge in [0.05, 0.1) is 0 Å². The summed E-state index contributed by atoms with van der Waals surface area (Å²) in [6.07, 6.45) is 1.99. The first-order valence-electron chi connectivity index (χ1n) is 5.64. The van der Waals surface area contributed by atoms with Crippen LogP contribution in [-0.4, -0.2) is 9.78 Å². The quantitative estimate of drug-likeness (QED) is 0.639. The lowest BCUT2D eigenvalue weighted by molar-refractivity contribution is 0.780. The van der Waals surface area contributed by atoms with Gasteiger partial charge < -0.3 is 0 Å². The summed E-state index contributed by atoms with van der Waals surface area (Å²) in [6.45, 7) is 0. The van der Waals surface area contributed by atoms with E-state index in [0.29, 0.717) is 5.69 Å². The first kappa shape index (κ1) is 10.7. The summed E-state index contributed by atoms with van der Waals surface area (Å²) >= 11 is 0. The molecule has 0 N–H and O–H groups in total. The fraction of sp³-hybridized carbons (Fsp3) is 0.0714. The second-order valence-corrected chi connectivity index (χ2v) is 4.18. The minimum atomic E-state index is 0.437. The highest BCUT2D eigenvalue weighted by Gasteiger charge is 2.06. The standard InChI is InChI=1S/C14H11N3O/c1-17-9-11-3-2-4-13(14(11)15-17)10-5-7-12(16-18)8-6-10/h2-9H,1H3. The first-order chi connectivity index (χ1) is 8.78. The minimum absolute atomic E-state index is 0.437. The molecule has 0 amide bonds. The molecule has 18 heavy (non-hydrogen) atoms. The van der Waals surface area contributed by atoms with Gasteiger partial charge in [0.15, 0.2) is 0 Å². The van der Waals surface area contributed by atoms with Crippen molar-refractivity contribution in [2.45, 2.75) is 0 Å². The monoisotopic (exact) mass is 237 g/mol. The molecule has 3 aromatic rings. The Balaban J connectivity index is 2.20. The molecule has 0 bridgehead atoms. The lowest BCUT2D eigenvalue weighted by Gasteiger charge is -2.02.